The Kier molecular flexibility index (Phi) is 13.9. The minimum atomic E-state index is -4.04. The lowest BCUT2D eigenvalue weighted by atomic mass is 10.00. The van der Waals surface area contributed by atoms with Crippen molar-refractivity contribution < 1.29 is 36.6 Å². The highest BCUT2D eigenvalue weighted by molar-refractivity contribution is 7.90. The van der Waals surface area contributed by atoms with E-state index in [0.717, 1.165) is 4.31 Å². The first-order chi connectivity index (χ1) is 20.9. The first kappa shape index (κ1) is 38.1. The Hall–Kier alpha value is -3.08. The van der Waals surface area contributed by atoms with Crippen LogP contribution in [0.3, 0.4) is 0 Å². The number of aromatic hydroxyl groups is 1. The molecule has 2 amide bonds. The lowest BCUT2D eigenvalue weighted by Crippen LogP contribution is -2.52. The van der Waals surface area contributed by atoms with E-state index in [4.69, 9.17) is 0 Å². The summed E-state index contributed by atoms with van der Waals surface area (Å²) in [6.45, 7) is 7.55. The van der Waals surface area contributed by atoms with Crippen molar-refractivity contribution in [3.8, 4) is 5.75 Å². The maximum atomic E-state index is 13.7. The number of hydrogen-bond acceptors (Lipinski definition) is 9. The number of phenols is 1. The number of hydrazine groups is 1. The van der Waals surface area contributed by atoms with Crippen LogP contribution >= 0.6 is 0 Å². The monoisotopic (exact) mass is 669 g/mol. The lowest BCUT2D eigenvalue weighted by molar-refractivity contribution is 0.0687. The van der Waals surface area contributed by atoms with Gasteiger partial charge in [0.25, 0.3) is 11.8 Å². The number of sulfonamides is 2. The second-order valence-electron chi connectivity index (χ2n) is 11.4. The minimum Gasteiger partial charge on any atom is -0.508 e. The van der Waals surface area contributed by atoms with Crippen molar-refractivity contribution in [3.05, 3.63) is 59.2 Å². The van der Waals surface area contributed by atoms with Gasteiger partial charge in [-0.3, -0.25) is 9.59 Å². The topological polar surface area (TPSA) is 177 Å². The molecule has 0 aliphatic carbocycles. The van der Waals surface area contributed by atoms with Gasteiger partial charge in [-0.15, -0.1) is 4.83 Å². The van der Waals surface area contributed by atoms with Crippen LogP contribution in [0.15, 0.2) is 47.4 Å². The van der Waals surface area contributed by atoms with E-state index in [0.29, 0.717) is 31.5 Å². The number of likely N-dealkylation sites (N-methyl/N-ethyl adjacent to an activating group) is 1. The number of benzene rings is 2. The van der Waals surface area contributed by atoms with Gasteiger partial charge in [-0.2, -0.15) is 0 Å². The highest BCUT2D eigenvalue weighted by Crippen LogP contribution is 2.21. The van der Waals surface area contributed by atoms with Crippen LogP contribution in [0.25, 0.3) is 0 Å². The Balaban J connectivity index is 2.53. The van der Waals surface area contributed by atoms with Gasteiger partial charge in [-0.05, 0) is 69.0 Å². The van der Waals surface area contributed by atoms with Crippen molar-refractivity contribution >= 4 is 31.9 Å². The number of aliphatic hydroxyl groups excluding tert-OH is 1. The molecule has 4 N–H and O–H groups in total. The second kappa shape index (κ2) is 16.5. The molecule has 2 aromatic rings. The molecule has 45 heavy (non-hydrogen) atoms. The van der Waals surface area contributed by atoms with Gasteiger partial charge in [0, 0.05) is 51.9 Å². The zero-order valence-corrected chi connectivity index (χ0v) is 28.7. The predicted octanol–water partition coefficient (Wildman–Crippen LogP) is 1.78. The third-order valence-corrected chi connectivity index (χ3v) is 10.6. The Bertz CT molecular complexity index is 1510. The Morgan fingerprint density at radius 2 is 1.44 bits per heavy atom. The second-order valence-corrected chi connectivity index (χ2v) is 15.8. The molecule has 0 fully saturated rings. The SMILES string of the molecule is CCCN(CCC)C(=O)c1cc(C(=O)NC(Cc2ccc(O)cc2)C(O)CN(C)NS(=O)(=O)C(C)C)cc(S(=O)(=O)N(C)C)c1. The highest BCUT2D eigenvalue weighted by Gasteiger charge is 2.28. The number of phenolic OH excluding ortho intramolecular Hbond substituents is 1. The summed E-state index contributed by atoms with van der Waals surface area (Å²) in [6.07, 6.45) is 0.156. The van der Waals surface area contributed by atoms with E-state index in [-0.39, 0.29) is 34.7 Å². The standard InChI is InChI=1S/C30H47N5O8S2/c1-8-14-35(15-9-2)30(39)24-17-23(18-26(19-24)45(42,43)33(5)6)29(38)31-27(16-22-10-12-25(36)13-11-22)28(37)20-34(7)32-44(40,41)21(3)4/h10-13,17-19,21,27-28,32,36-37H,8-9,14-16,20H2,1-7H3,(H,31,38). The molecule has 0 radical (unpaired) electrons. The third-order valence-electron chi connectivity index (χ3n) is 7.01. The molecule has 0 saturated heterocycles. The smallest absolute Gasteiger partial charge is 0.253 e. The number of rotatable bonds is 17. The van der Waals surface area contributed by atoms with Crippen LogP contribution in [0.2, 0.25) is 0 Å². The molecule has 15 heteroatoms. The van der Waals surface area contributed by atoms with Gasteiger partial charge in [0.15, 0.2) is 0 Å². The van der Waals surface area contributed by atoms with Crippen molar-refractivity contribution in [1.82, 2.24) is 24.4 Å². The molecular formula is C30H47N5O8S2. The maximum absolute atomic E-state index is 13.7. The minimum absolute atomic E-state index is 0.0269. The maximum Gasteiger partial charge on any atom is 0.253 e. The average Bonchev–Trinajstić information content (AvgIpc) is 2.96. The molecule has 0 heterocycles. The van der Waals surface area contributed by atoms with Crippen molar-refractivity contribution in [1.29, 1.82) is 0 Å². The quantitative estimate of drug-likeness (QED) is 0.183. The number of aliphatic hydroxyl groups is 1. The average molecular weight is 670 g/mol. The molecule has 2 aromatic carbocycles. The molecular weight excluding hydrogens is 622 g/mol. The van der Waals surface area contributed by atoms with E-state index in [1.54, 1.807) is 17.0 Å². The highest BCUT2D eigenvalue weighted by atomic mass is 32.2. The first-order valence-corrected chi connectivity index (χ1v) is 17.8. The Labute approximate surface area is 267 Å². The molecule has 2 rings (SSSR count). The van der Waals surface area contributed by atoms with Crippen LogP contribution in [0.5, 0.6) is 5.75 Å². The van der Waals surface area contributed by atoms with Crippen LogP contribution in [0, 0.1) is 0 Å². The molecule has 0 saturated carbocycles. The molecule has 0 spiro atoms. The summed E-state index contributed by atoms with van der Waals surface area (Å²) < 4.78 is 51.9. The Morgan fingerprint density at radius 1 is 0.889 bits per heavy atom. The van der Waals surface area contributed by atoms with E-state index < -0.39 is 49.3 Å². The summed E-state index contributed by atoms with van der Waals surface area (Å²) >= 11 is 0. The van der Waals surface area contributed by atoms with Crippen molar-refractivity contribution in [2.75, 3.05) is 40.8 Å². The van der Waals surface area contributed by atoms with Crippen molar-refractivity contribution in [3.63, 3.8) is 0 Å². The number of nitrogens with one attached hydrogen (secondary N) is 2. The number of hydrogen-bond donors (Lipinski definition) is 4. The number of carbonyl (C=O) groups is 2. The van der Waals surface area contributed by atoms with E-state index in [9.17, 15) is 36.6 Å². The number of nitrogens with zero attached hydrogens (tertiary/aromatic N) is 3. The van der Waals surface area contributed by atoms with Gasteiger partial charge >= 0.3 is 0 Å². The molecule has 0 aliphatic heterocycles. The van der Waals surface area contributed by atoms with Gasteiger partial charge in [0.2, 0.25) is 20.0 Å². The third kappa shape index (κ3) is 10.8. The summed E-state index contributed by atoms with van der Waals surface area (Å²) in [5.74, 6) is -1.13. The normalized spacial score (nSPS) is 13.7. The summed E-state index contributed by atoms with van der Waals surface area (Å²) in [4.78, 5) is 31.0. The fourth-order valence-electron chi connectivity index (χ4n) is 4.44. The van der Waals surface area contributed by atoms with E-state index in [1.165, 1.54) is 70.3 Å². The molecule has 0 aromatic heterocycles. The van der Waals surface area contributed by atoms with Gasteiger partial charge < -0.3 is 20.4 Å². The lowest BCUT2D eigenvalue weighted by Gasteiger charge is -2.29. The summed E-state index contributed by atoms with van der Waals surface area (Å²) in [7, 11) is -3.61. The van der Waals surface area contributed by atoms with Crippen LogP contribution in [-0.4, -0.2) is 111 Å². The molecule has 0 aliphatic rings. The molecule has 0 bridgehead atoms. The van der Waals surface area contributed by atoms with E-state index in [2.05, 4.69) is 10.1 Å². The Morgan fingerprint density at radius 3 is 1.96 bits per heavy atom. The van der Waals surface area contributed by atoms with Crippen LogP contribution in [0.4, 0.5) is 0 Å². The van der Waals surface area contributed by atoms with Gasteiger partial charge in [-0.1, -0.05) is 26.0 Å². The zero-order valence-electron chi connectivity index (χ0n) is 27.0. The van der Waals surface area contributed by atoms with Gasteiger partial charge in [0.1, 0.15) is 5.75 Å². The summed E-state index contributed by atoms with van der Waals surface area (Å²) in [6, 6.07) is 8.91. The fraction of sp³-hybridized carbons (Fsp3) is 0.533. The van der Waals surface area contributed by atoms with Crippen LogP contribution < -0.4 is 10.1 Å². The fourth-order valence-corrected chi connectivity index (χ4v) is 6.13. The molecule has 2 atom stereocenters. The van der Waals surface area contributed by atoms with Crippen LogP contribution in [0.1, 0.15) is 66.8 Å². The molecule has 13 nitrogen and oxygen atoms in total. The zero-order chi connectivity index (χ0) is 34.1. The van der Waals surface area contributed by atoms with Crippen LogP contribution in [-0.2, 0) is 26.5 Å². The number of amides is 2. The van der Waals surface area contributed by atoms with Gasteiger partial charge in [-0.25, -0.2) is 26.1 Å². The summed E-state index contributed by atoms with van der Waals surface area (Å²) in [5.41, 5.74) is 0.576. The predicted molar refractivity (Wildman–Crippen MR) is 173 cm³/mol. The summed E-state index contributed by atoms with van der Waals surface area (Å²) in [5, 5.41) is 24.1. The van der Waals surface area contributed by atoms with Crippen molar-refractivity contribution in [2.24, 2.45) is 0 Å². The largest absolute Gasteiger partial charge is 0.508 e. The molecule has 252 valence electrons. The van der Waals surface area contributed by atoms with Gasteiger partial charge in [0.05, 0.1) is 22.3 Å². The van der Waals surface area contributed by atoms with Crippen molar-refractivity contribution in [2.45, 2.75) is 69.2 Å². The van der Waals surface area contributed by atoms with E-state index >= 15 is 0 Å². The molecule has 2 unspecified atom stereocenters. The first-order valence-electron chi connectivity index (χ1n) is 14.8. The number of carbonyl (C=O) groups excluding carboxylic acids is 2. The van der Waals surface area contributed by atoms with E-state index in [1.807, 2.05) is 13.8 Å².